The van der Waals surface area contributed by atoms with E-state index in [1.54, 1.807) is 11.3 Å². The molecular weight excluding hydrogens is 378 g/mol. The first-order valence-electron chi connectivity index (χ1n) is 9.23. The van der Waals surface area contributed by atoms with Crippen LogP contribution in [0.3, 0.4) is 0 Å². The van der Waals surface area contributed by atoms with E-state index in [2.05, 4.69) is 11.1 Å². The molecule has 0 atom stereocenters. The summed E-state index contributed by atoms with van der Waals surface area (Å²) < 4.78 is 1.16. The summed E-state index contributed by atoms with van der Waals surface area (Å²) in [7, 11) is 0. The maximum absolute atomic E-state index is 12.9. The number of rotatable bonds is 3. The van der Waals surface area contributed by atoms with Crippen LogP contribution in [0.5, 0.6) is 0 Å². The van der Waals surface area contributed by atoms with Gasteiger partial charge in [-0.15, -0.1) is 22.7 Å². The van der Waals surface area contributed by atoms with Crippen molar-refractivity contribution < 1.29 is 9.59 Å². The van der Waals surface area contributed by atoms with Gasteiger partial charge in [0.1, 0.15) is 5.01 Å². The highest BCUT2D eigenvalue weighted by Gasteiger charge is 2.35. The monoisotopic (exact) mass is 397 g/mol. The minimum atomic E-state index is 0.0610. The second-order valence-corrected chi connectivity index (χ2v) is 9.16. The fourth-order valence-corrected chi connectivity index (χ4v) is 5.41. The van der Waals surface area contributed by atoms with Gasteiger partial charge in [-0.2, -0.15) is 0 Å². The van der Waals surface area contributed by atoms with Crippen molar-refractivity contribution in [1.82, 2.24) is 14.8 Å². The molecule has 2 aromatic heterocycles. The number of aromatic nitrogens is 1. The number of carbonyl (C=O) groups is 2. The van der Waals surface area contributed by atoms with E-state index in [0.29, 0.717) is 26.2 Å². The average Bonchev–Trinajstić information content (AvgIpc) is 3.27. The molecule has 2 amide bonds. The molecule has 3 aromatic rings. The molecule has 0 radical (unpaired) electrons. The SMILES string of the molecule is O=C(c1ccc(-c2nc3ccccc3s2)s1)N1CCN(C(=O)C2CC2)CC1. The molecular formula is C20H19N3O2S2. The van der Waals surface area contributed by atoms with Crippen LogP contribution >= 0.6 is 22.7 Å². The molecule has 2 aliphatic rings. The van der Waals surface area contributed by atoms with Crippen LogP contribution in [0.15, 0.2) is 36.4 Å². The van der Waals surface area contributed by atoms with E-state index >= 15 is 0 Å². The summed E-state index contributed by atoms with van der Waals surface area (Å²) in [4.78, 5) is 35.3. The maximum Gasteiger partial charge on any atom is 0.264 e. The molecule has 1 saturated heterocycles. The molecule has 5 nitrogen and oxygen atoms in total. The predicted molar refractivity (Wildman–Crippen MR) is 108 cm³/mol. The van der Waals surface area contributed by atoms with E-state index in [4.69, 9.17) is 0 Å². The van der Waals surface area contributed by atoms with Gasteiger partial charge in [0.15, 0.2) is 0 Å². The van der Waals surface area contributed by atoms with E-state index in [-0.39, 0.29) is 17.7 Å². The third-order valence-electron chi connectivity index (χ3n) is 5.13. The van der Waals surface area contributed by atoms with E-state index in [0.717, 1.165) is 37.8 Å². The molecule has 7 heteroatoms. The first kappa shape index (κ1) is 16.9. The van der Waals surface area contributed by atoms with Crippen LogP contribution in [0.25, 0.3) is 20.1 Å². The van der Waals surface area contributed by atoms with E-state index < -0.39 is 0 Å². The number of carbonyl (C=O) groups excluding carboxylic acids is 2. The number of hydrogen-bond donors (Lipinski definition) is 0. The van der Waals surface area contributed by atoms with Crippen LogP contribution in [-0.4, -0.2) is 52.8 Å². The highest BCUT2D eigenvalue weighted by Crippen LogP contribution is 2.35. The quantitative estimate of drug-likeness (QED) is 0.677. The van der Waals surface area contributed by atoms with Gasteiger partial charge >= 0.3 is 0 Å². The summed E-state index contributed by atoms with van der Waals surface area (Å²) in [6.07, 6.45) is 2.06. The van der Waals surface area contributed by atoms with Crippen molar-refractivity contribution in [2.75, 3.05) is 26.2 Å². The molecule has 0 unspecified atom stereocenters. The second-order valence-electron chi connectivity index (χ2n) is 7.04. The molecule has 1 saturated carbocycles. The van der Waals surface area contributed by atoms with Gasteiger partial charge in [0, 0.05) is 32.1 Å². The molecule has 0 bridgehead atoms. The third kappa shape index (κ3) is 3.26. The lowest BCUT2D eigenvalue weighted by molar-refractivity contribution is -0.134. The van der Waals surface area contributed by atoms with Gasteiger partial charge in [-0.25, -0.2) is 4.98 Å². The molecule has 0 N–H and O–H groups in total. The van der Waals surface area contributed by atoms with Crippen LogP contribution < -0.4 is 0 Å². The van der Waals surface area contributed by atoms with Crippen LogP contribution in [0, 0.1) is 5.92 Å². The molecule has 138 valence electrons. The Kier molecular flexibility index (Phi) is 4.21. The van der Waals surface area contributed by atoms with Gasteiger partial charge in [-0.3, -0.25) is 9.59 Å². The summed E-state index contributed by atoms with van der Waals surface area (Å²) in [5.41, 5.74) is 0.996. The van der Waals surface area contributed by atoms with Crippen molar-refractivity contribution in [3.05, 3.63) is 41.3 Å². The Hall–Kier alpha value is -2.25. The van der Waals surface area contributed by atoms with Crippen molar-refractivity contribution in [2.45, 2.75) is 12.8 Å². The summed E-state index contributed by atoms with van der Waals surface area (Å²) in [6.45, 7) is 2.53. The van der Waals surface area contributed by atoms with Gasteiger partial charge in [-0.05, 0) is 37.1 Å². The zero-order valence-electron chi connectivity index (χ0n) is 14.8. The first-order valence-corrected chi connectivity index (χ1v) is 10.9. The standard InChI is InChI=1S/C20H19N3O2S2/c24-19(13-5-6-13)22-9-11-23(12-10-22)20(25)17-8-7-16(26-17)18-21-14-3-1-2-4-15(14)27-18/h1-4,7-8,13H,5-6,9-12H2. The van der Waals surface area contributed by atoms with Crippen molar-refractivity contribution in [3.8, 4) is 9.88 Å². The molecule has 0 spiro atoms. The summed E-state index contributed by atoms with van der Waals surface area (Å²) in [6, 6.07) is 12.0. The van der Waals surface area contributed by atoms with Crippen molar-refractivity contribution in [1.29, 1.82) is 0 Å². The van der Waals surface area contributed by atoms with Crippen LogP contribution in [0.1, 0.15) is 22.5 Å². The van der Waals surface area contributed by atoms with Crippen molar-refractivity contribution in [3.63, 3.8) is 0 Å². The number of thiophene rings is 1. The smallest absolute Gasteiger partial charge is 0.264 e. The van der Waals surface area contributed by atoms with Gasteiger partial charge < -0.3 is 9.80 Å². The zero-order valence-corrected chi connectivity index (χ0v) is 16.4. The average molecular weight is 398 g/mol. The molecule has 3 heterocycles. The molecule has 5 rings (SSSR count). The fraction of sp³-hybridized carbons (Fsp3) is 0.350. The highest BCUT2D eigenvalue weighted by atomic mass is 32.1. The Morgan fingerprint density at radius 2 is 1.67 bits per heavy atom. The van der Waals surface area contributed by atoms with E-state index in [9.17, 15) is 9.59 Å². The Morgan fingerprint density at radius 3 is 2.41 bits per heavy atom. The van der Waals surface area contributed by atoms with Crippen LogP contribution in [0.2, 0.25) is 0 Å². The maximum atomic E-state index is 12.9. The van der Waals surface area contributed by atoms with Gasteiger partial charge in [0.25, 0.3) is 5.91 Å². The molecule has 1 aliphatic carbocycles. The highest BCUT2D eigenvalue weighted by molar-refractivity contribution is 7.26. The van der Waals surface area contributed by atoms with Crippen LogP contribution in [0.4, 0.5) is 0 Å². The second kappa shape index (κ2) is 6.73. The summed E-state index contributed by atoms with van der Waals surface area (Å²) >= 11 is 3.15. The van der Waals surface area contributed by atoms with Crippen molar-refractivity contribution in [2.24, 2.45) is 5.92 Å². The van der Waals surface area contributed by atoms with Gasteiger partial charge in [0.05, 0.1) is 20.0 Å². The lowest BCUT2D eigenvalue weighted by Crippen LogP contribution is -2.50. The predicted octanol–water partition coefficient (Wildman–Crippen LogP) is 3.72. The van der Waals surface area contributed by atoms with Gasteiger partial charge in [0.2, 0.25) is 5.91 Å². The topological polar surface area (TPSA) is 53.5 Å². The Bertz CT molecular complexity index is 980. The largest absolute Gasteiger partial charge is 0.339 e. The summed E-state index contributed by atoms with van der Waals surface area (Å²) in [5, 5.41) is 0.958. The molecule has 27 heavy (non-hydrogen) atoms. The molecule has 2 fully saturated rings. The summed E-state index contributed by atoms with van der Waals surface area (Å²) in [5.74, 6) is 0.586. The number of nitrogens with zero attached hydrogens (tertiary/aromatic N) is 3. The number of amides is 2. The number of thiazole rings is 1. The minimum Gasteiger partial charge on any atom is -0.339 e. The van der Waals surface area contributed by atoms with Crippen LogP contribution in [-0.2, 0) is 4.79 Å². The van der Waals surface area contributed by atoms with E-state index in [1.807, 2.05) is 40.1 Å². The van der Waals surface area contributed by atoms with Crippen molar-refractivity contribution >= 4 is 44.7 Å². The number of benzene rings is 1. The molecule has 1 aliphatic heterocycles. The minimum absolute atomic E-state index is 0.0610. The first-order chi connectivity index (χ1) is 13.2. The van der Waals surface area contributed by atoms with E-state index in [1.165, 1.54) is 11.3 Å². The number of fused-ring (bicyclic) bond motifs is 1. The number of para-hydroxylation sites is 1. The Morgan fingerprint density at radius 1 is 0.926 bits per heavy atom. The number of hydrogen-bond acceptors (Lipinski definition) is 5. The zero-order chi connectivity index (χ0) is 18.4. The third-order valence-corrected chi connectivity index (χ3v) is 7.41. The fourth-order valence-electron chi connectivity index (χ4n) is 3.42. The lowest BCUT2D eigenvalue weighted by Gasteiger charge is -2.34. The Balaban J connectivity index is 1.28. The number of piperazine rings is 1. The Labute approximate surface area is 165 Å². The lowest BCUT2D eigenvalue weighted by atomic mass is 10.2. The molecule has 1 aromatic carbocycles. The normalized spacial score (nSPS) is 17.5. The van der Waals surface area contributed by atoms with Gasteiger partial charge in [-0.1, -0.05) is 12.1 Å².